The van der Waals surface area contributed by atoms with Crippen LogP contribution in [-0.4, -0.2) is 167 Å². The molecule has 12 rings (SSSR count). The lowest BCUT2D eigenvalue weighted by molar-refractivity contribution is 0.0920. The van der Waals surface area contributed by atoms with E-state index in [0.29, 0.717) is 55.8 Å². The predicted octanol–water partition coefficient (Wildman–Crippen LogP) is 8.54. The van der Waals surface area contributed by atoms with Crippen molar-refractivity contribution in [1.82, 2.24) is 49.1 Å². The van der Waals surface area contributed by atoms with Crippen LogP contribution in [0.4, 0.5) is 20.4 Å². The zero-order valence-corrected chi connectivity index (χ0v) is 42.5. The van der Waals surface area contributed by atoms with Gasteiger partial charge >= 0.3 is 0 Å². The minimum absolute atomic E-state index is 0.245. The molecule has 4 saturated heterocycles. The molecule has 8 aromatic rings. The Balaban J connectivity index is 0.644. The van der Waals surface area contributed by atoms with Crippen LogP contribution in [0.25, 0.3) is 59.6 Å². The molecular formula is C53H62F2N12O2S2. The Kier molecular flexibility index (Phi) is 13.2. The van der Waals surface area contributed by atoms with Crippen LogP contribution in [0, 0.1) is 18.6 Å². The summed E-state index contributed by atoms with van der Waals surface area (Å²) in [4.78, 5) is 41.4. The van der Waals surface area contributed by atoms with Gasteiger partial charge in [-0.05, 0) is 89.2 Å². The molecule has 14 nitrogen and oxygen atoms in total. The van der Waals surface area contributed by atoms with E-state index < -0.39 is 0 Å². The van der Waals surface area contributed by atoms with Crippen molar-refractivity contribution in [3.05, 3.63) is 87.9 Å². The van der Waals surface area contributed by atoms with Crippen molar-refractivity contribution >= 4 is 76.5 Å². The van der Waals surface area contributed by atoms with Crippen LogP contribution >= 0.6 is 22.7 Å². The Bertz CT molecular complexity index is 3180. The molecule has 71 heavy (non-hydrogen) atoms. The van der Waals surface area contributed by atoms with Crippen LogP contribution in [0.2, 0.25) is 0 Å². The van der Waals surface area contributed by atoms with Crippen molar-refractivity contribution in [2.75, 3.05) is 116 Å². The Hall–Kier alpha value is -5.18. The third-order valence-electron chi connectivity index (χ3n) is 15.4. The number of thiophene rings is 2. The van der Waals surface area contributed by atoms with Gasteiger partial charge in [0.05, 0.1) is 57.9 Å². The molecule has 4 aliphatic rings. The van der Waals surface area contributed by atoms with Gasteiger partial charge in [-0.2, -0.15) is 4.98 Å². The lowest BCUT2D eigenvalue weighted by Crippen LogP contribution is -2.47. The first-order chi connectivity index (χ1) is 34.7. The molecule has 10 heterocycles. The number of likely N-dealkylation sites (N-methyl/N-ethyl adjacent to an activating group) is 2. The van der Waals surface area contributed by atoms with Gasteiger partial charge in [-0.25, -0.2) is 23.7 Å². The van der Waals surface area contributed by atoms with Crippen molar-refractivity contribution in [2.45, 2.75) is 57.8 Å². The number of ether oxygens (including phenoxy) is 2. The van der Waals surface area contributed by atoms with Gasteiger partial charge in [0.2, 0.25) is 5.95 Å². The number of benzene rings is 2. The number of rotatable bonds is 13. The van der Waals surface area contributed by atoms with Gasteiger partial charge in [0, 0.05) is 129 Å². The first kappa shape index (κ1) is 46.9. The second-order valence-electron chi connectivity index (χ2n) is 19.9. The molecule has 6 aromatic heterocycles. The van der Waals surface area contributed by atoms with E-state index in [4.69, 9.17) is 29.4 Å². The predicted molar refractivity (Wildman–Crippen MR) is 282 cm³/mol. The zero-order valence-electron chi connectivity index (χ0n) is 40.9. The number of fused-ring (bicyclic) bond motifs is 4. The van der Waals surface area contributed by atoms with Crippen LogP contribution in [0.1, 0.15) is 41.1 Å². The number of H-pyrrole nitrogens is 1. The number of aromatic amines is 1. The fourth-order valence-electron chi connectivity index (χ4n) is 11.3. The molecule has 0 aliphatic carbocycles. The highest BCUT2D eigenvalue weighted by molar-refractivity contribution is 7.20. The summed E-state index contributed by atoms with van der Waals surface area (Å²) in [5.74, 6) is 2.63. The van der Waals surface area contributed by atoms with Crippen molar-refractivity contribution in [1.29, 1.82) is 0 Å². The highest BCUT2D eigenvalue weighted by Gasteiger charge is 2.29. The second kappa shape index (κ2) is 20.0. The summed E-state index contributed by atoms with van der Waals surface area (Å²) in [6, 6.07) is 17.7. The van der Waals surface area contributed by atoms with Crippen LogP contribution in [0.15, 0.2) is 60.8 Å². The number of likely N-dealkylation sites (tertiary alicyclic amines) is 2. The van der Waals surface area contributed by atoms with E-state index in [1.54, 1.807) is 12.1 Å². The van der Waals surface area contributed by atoms with Gasteiger partial charge in [-0.1, -0.05) is 12.1 Å². The first-order valence-electron chi connectivity index (χ1n) is 25.3. The van der Waals surface area contributed by atoms with E-state index >= 15 is 0 Å². The number of halogens is 2. The van der Waals surface area contributed by atoms with E-state index in [-0.39, 0.29) is 11.6 Å². The lowest BCUT2D eigenvalue weighted by atomic mass is 10.0. The van der Waals surface area contributed by atoms with Gasteiger partial charge in [-0.15, -0.1) is 22.7 Å². The topological polar surface area (TPSA) is 110 Å². The summed E-state index contributed by atoms with van der Waals surface area (Å²) >= 11 is 3.63. The maximum absolute atomic E-state index is 14.7. The highest BCUT2D eigenvalue weighted by atomic mass is 32.1. The van der Waals surface area contributed by atoms with E-state index in [1.165, 1.54) is 21.9 Å². The lowest BCUT2D eigenvalue weighted by Gasteiger charge is -2.39. The molecule has 1 N–H and O–H groups in total. The van der Waals surface area contributed by atoms with Crippen molar-refractivity contribution in [3.8, 4) is 17.3 Å². The quantitative estimate of drug-likeness (QED) is 0.120. The van der Waals surface area contributed by atoms with Crippen LogP contribution in [0.3, 0.4) is 0 Å². The minimum atomic E-state index is -0.275. The molecule has 0 bridgehead atoms. The Labute approximate surface area is 420 Å². The fraction of sp³-hybridized carbons (Fsp3) is 0.472. The average molecular weight is 1000 g/mol. The van der Waals surface area contributed by atoms with Gasteiger partial charge in [-0.3, -0.25) is 14.4 Å². The molecule has 0 saturated carbocycles. The molecule has 4 fully saturated rings. The van der Waals surface area contributed by atoms with Crippen molar-refractivity contribution in [2.24, 2.45) is 0 Å². The molecule has 4 aliphatic heterocycles. The summed E-state index contributed by atoms with van der Waals surface area (Å²) < 4.78 is 44.5. The monoisotopic (exact) mass is 1000 g/mol. The minimum Gasteiger partial charge on any atom is -0.378 e. The number of nitrogens with one attached hydrogen (secondary N) is 1. The fourth-order valence-corrected chi connectivity index (χ4v) is 13.6. The Morgan fingerprint density at radius 2 is 1.25 bits per heavy atom. The second-order valence-corrected chi connectivity index (χ2v) is 22.2. The summed E-state index contributed by atoms with van der Waals surface area (Å²) in [6.07, 6.45) is 6.47. The van der Waals surface area contributed by atoms with Gasteiger partial charge < -0.3 is 34.1 Å². The van der Waals surface area contributed by atoms with Gasteiger partial charge in [0.15, 0.2) is 17.5 Å². The van der Waals surface area contributed by atoms with Crippen molar-refractivity contribution in [3.63, 3.8) is 0 Å². The number of nitrogens with zero attached hydrogens (tertiary/aromatic N) is 11. The number of hydrogen-bond donors (Lipinski definition) is 1. The first-order valence-corrected chi connectivity index (χ1v) is 27.0. The number of para-hydroxylation sites is 1. The van der Waals surface area contributed by atoms with E-state index in [0.717, 1.165) is 164 Å². The molecule has 0 spiro atoms. The summed E-state index contributed by atoms with van der Waals surface area (Å²) in [5, 5.41) is 1.64. The normalized spacial score (nSPS) is 18.5. The molecule has 2 aromatic carbocycles. The number of anilines is 2. The molecular weight excluding hydrogens is 939 g/mol. The van der Waals surface area contributed by atoms with Gasteiger partial charge in [0.25, 0.3) is 0 Å². The number of hydrogen-bond acceptors (Lipinski definition) is 14. The van der Waals surface area contributed by atoms with Crippen LogP contribution in [0.5, 0.6) is 0 Å². The van der Waals surface area contributed by atoms with E-state index in [2.05, 4.69) is 65.2 Å². The standard InChI is InChI=1S/C53H62F2N12O2S2/c1-34-27-35-28-36(54)7-8-46(35)67(34)53-58-45-30-40(71-49(45)52(60-53)66-21-25-69-26-22-66)33-64-15-11-38(12-16-64)62(3)18-17-61(2)37-9-13-63(14-10-37)32-39-29-44-48(70-39)51(65-19-23-68-24-20-65)59-50(57-44)42-31-56-47-41(42)5-4-6-43(47)55/h4-8,27-31,37-38,56H,9-26,32-33H2,1-3H3. The Morgan fingerprint density at radius 3 is 1.86 bits per heavy atom. The third-order valence-corrected chi connectivity index (χ3v) is 17.6. The molecule has 372 valence electrons. The number of morpholine rings is 2. The van der Waals surface area contributed by atoms with E-state index in [1.807, 2.05) is 54.0 Å². The molecule has 0 unspecified atom stereocenters. The average Bonchev–Trinajstić information content (AvgIpc) is 4.19. The van der Waals surface area contributed by atoms with Crippen molar-refractivity contribution < 1.29 is 18.3 Å². The summed E-state index contributed by atoms with van der Waals surface area (Å²) in [6.45, 7) is 16.1. The maximum Gasteiger partial charge on any atom is 0.236 e. The van der Waals surface area contributed by atoms with E-state index in [9.17, 15) is 8.78 Å². The number of piperidine rings is 2. The molecule has 0 atom stereocenters. The highest BCUT2D eigenvalue weighted by Crippen LogP contribution is 2.39. The summed E-state index contributed by atoms with van der Waals surface area (Å²) in [5.41, 5.74) is 5.09. The maximum atomic E-state index is 14.7. The zero-order chi connectivity index (χ0) is 48.2. The smallest absolute Gasteiger partial charge is 0.236 e. The SMILES string of the molecule is Cc1cc2cc(F)ccc2n1-c1nc(N2CCOCC2)c2sc(CN3CCC(N(C)CCN(C)C4CCN(Cc5cc6nc(-c7c[nH]c8c(F)cccc78)nc(N7CCOCC7)c6s5)CC4)CC3)cc2n1. The van der Waals surface area contributed by atoms with Crippen LogP contribution < -0.4 is 9.80 Å². The van der Waals surface area contributed by atoms with Gasteiger partial charge in [0.1, 0.15) is 11.6 Å². The molecule has 0 radical (unpaired) electrons. The largest absolute Gasteiger partial charge is 0.378 e. The summed E-state index contributed by atoms with van der Waals surface area (Å²) in [7, 11) is 4.64. The molecule has 0 amide bonds. The molecule has 18 heteroatoms. The number of aromatic nitrogens is 6. The Morgan fingerprint density at radius 1 is 0.676 bits per heavy atom. The van der Waals surface area contributed by atoms with Crippen LogP contribution in [-0.2, 0) is 22.6 Å². The third kappa shape index (κ3) is 9.53. The number of aryl methyl sites for hydroxylation is 1.